The molecule has 0 aromatic heterocycles. The smallest absolute Gasteiger partial charge is 0.142 e. The van der Waals surface area contributed by atoms with E-state index in [0.29, 0.717) is 0 Å². The zero-order valence-electron chi connectivity index (χ0n) is 12.3. The van der Waals surface area contributed by atoms with Crippen LogP contribution in [-0.4, -0.2) is 30.6 Å². The van der Waals surface area contributed by atoms with Crippen molar-refractivity contribution in [2.75, 3.05) is 18.1 Å². The lowest BCUT2D eigenvalue weighted by Crippen LogP contribution is -2.34. The predicted molar refractivity (Wildman–Crippen MR) is 82.2 cm³/mol. The van der Waals surface area contributed by atoms with Crippen LogP contribution >= 0.6 is 0 Å². The van der Waals surface area contributed by atoms with Crippen LogP contribution in [0, 0.1) is 20.8 Å². The van der Waals surface area contributed by atoms with Crippen molar-refractivity contribution in [2.24, 2.45) is 0 Å². The van der Waals surface area contributed by atoms with Gasteiger partial charge in [-0.15, -0.1) is 0 Å². The normalized spacial score (nSPS) is 18.7. The van der Waals surface area contributed by atoms with Gasteiger partial charge in [0, 0.05) is 12.2 Å². The summed E-state index contributed by atoms with van der Waals surface area (Å²) >= 11 is 0. The van der Waals surface area contributed by atoms with Crippen molar-refractivity contribution in [3.63, 3.8) is 0 Å². The highest BCUT2D eigenvalue weighted by molar-refractivity contribution is 5.68. The number of rotatable bonds is 4. The second-order valence-electron chi connectivity index (χ2n) is 5.36. The van der Waals surface area contributed by atoms with Crippen LogP contribution in [0.4, 0.5) is 5.69 Å². The van der Waals surface area contributed by atoms with Gasteiger partial charge in [-0.3, -0.25) is 4.79 Å². The fourth-order valence-electron chi connectivity index (χ4n) is 3.00. The Morgan fingerprint density at radius 3 is 2.50 bits per heavy atom. The van der Waals surface area contributed by atoms with Gasteiger partial charge in [0.05, 0.1) is 12.6 Å². The van der Waals surface area contributed by atoms with Gasteiger partial charge in [0.15, 0.2) is 0 Å². The van der Waals surface area contributed by atoms with Crippen molar-refractivity contribution in [3.05, 3.63) is 52.6 Å². The highest BCUT2D eigenvalue weighted by Gasteiger charge is 2.25. The topological polar surface area (TPSA) is 40.5 Å². The van der Waals surface area contributed by atoms with E-state index in [1.807, 2.05) is 12.2 Å². The molecular formula is C17H21NO2. The molecule has 1 aromatic rings. The number of carbonyl (C=O) groups is 1. The SMILES string of the molecule is Cc1cc(C)c(N2CC(/C=C/C=O)=CC2CO)c(C)c1. The van der Waals surface area contributed by atoms with Crippen LogP contribution in [0.2, 0.25) is 0 Å². The molecule has 0 saturated carbocycles. The Morgan fingerprint density at radius 1 is 1.30 bits per heavy atom. The molecule has 1 aromatic carbocycles. The molecule has 3 heteroatoms. The molecule has 1 atom stereocenters. The molecule has 2 rings (SSSR count). The Morgan fingerprint density at radius 2 is 1.95 bits per heavy atom. The highest BCUT2D eigenvalue weighted by Crippen LogP contribution is 2.32. The summed E-state index contributed by atoms with van der Waals surface area (Å²) in [7, 11) is 0. The molecule has 0 fully saturated rings. The minimum Gasteiger partial charge on any atom is -0.394 e. The van der Waals surface area contributed by atoms with Gasteiger partial charge < -0.3 is 10.0 Å². The van der Waals surface area contributed by atoms with Gasteiger partial charge in [-0.05, 0) is 43.5 Å². The number of anilines is 1. The highest BCUT2D eigenvalue weighted by atomic mass is 16.3. The summed E-state index contributed by atoms with van der Waals surface area (Å²) in [4.78, 5) is 12.6. The molecule has 3 nitrogen and oxygen atoms in total. The number of aldehydes is 1. The van der Waals surface area contributed by atoms with Gasteiger partial charge >= 0.3 is 0 Å². The maximum Gasteiger partial charge on any atom is 0.142 e. The minimum absolute atomic E-state index is 0.0265. The second kappa shape index (κ2) is 6.06. The van der Waals surface area contributed by atoms with E-state index < -0.39 is 0 Å². The number of nitrogens with zero attached hydrogens (tertiary/aromatic N) is 1. The Kier molecular flexibility index (Phi) is 4.40. The molecule has 1 unspecified atom stereocenters. The molecule has 0 spiro atoms. The first kappa shape index (κ1) is 14.5. The van der Waals surface area contributed by atoms with Crippen molar-refractivity contribution in [2.45, 2.75) is 26.8 Å². The van der Waals surface area contributed by atoms with E-state index >= 15 is 0 Å². The number of hydrogen-bond donors (Lipinski definition) is 1. The van der Waals surface area contributed by atoms with E-state index in [4.69, 9.17) is 0 Å². The first-order valence-electron chi connectivity index (χ1n) is 6.84. The van der Waals surface area contributed by atoms with Crippen LogP contribution in [0.15, 0.2) is 35.9 Å². The summed E-state index contributed by atoms with van der Waals surface area (Å²) in [6.45, 7) is 7.09. The lowest BCUT2D eigenvalue weighted by molar-refractivity contribution is -0.104. The standard InChI is InChI=1S/C17H21NO2/c1-12-7-13(2)17(14(3)8-12)18-10-15(5-4-6-19)9-16(18)11-20/h4-9,16,20H,10-11H2,1-3H3/b5-4+. The summed E-state index contributed by atoms with van der Waals surface area (Å²) in [5, 5.41) is 9.60. The van der Waals surface area contributed by atoms with Crippen LogP contribution in [-0.2, 0) is 4.79 Å². The zero-order valence-corrected chi connectivity index (χ0v) is 12.3. The molecule has 0 aliphatic carbocycles. The van der Waals surface area contributed by atoms with Gasteiger partial charge in [-0.25, -0.2) is 0 Å². The molecule has 0 saturated heterocycles. The van der Waals surface area contributed by atoms with Crippen molar-refractivity contribution in [1.29, 1.82) is 0 Å². The third kappa shape index (κ3) is 2.83. The minimum atomic E-state index is -0.0265. The predicted octanol–water partition coefficient (Wildman–Crippen LogP) is 2.47. The van der Waals surface area contributed by atoms with Crippen LogP contribution in [0.5, 0.6) is 0 Å². The summed E-state index contributed by atoms with van der Waals surface area (Å²) in [6, 6.07) is 4.30. The molecule has 1 heterocycles. The molecule has 1 N–H and O–H groups in total. The average molecular weight is 271 g/mol. The van der Waals surface area contributed by atoms with E-state index in [1.54, 1.807) is 0 Å². The number of hydrogen-bond acceptors (Lipinski definition) is 3. The first-order chi connectivity index (χ1) is 9.56. The quantitative estimate of drug-likeness (QED) is 0.675. The summed E-state index contributed by atoms with van der Waals surface area (Å²) in [6.07, 6.45) is 6.12. The zero-order chi connectivity index (χ0) is 14.7. The number of aliphatic hydroxyl groups is 1. The van der Waals surface area contributed by atoms with E-state index in [2.05, 4.69) is 37.8 Å². The molecule has 0 radical (unpaired) electrons. The Bertz CT molecular complexity index is 549. The van der Waals surface area contributed by atoms with Crippen LogP contribution in [0.1, 0.15) is 16.7 Å². The molecule has 0 amide bonds. The van der Waals surface area contributed by atoms with Crippen molar-refractivity contribution in [3.8, 4) is 0 Å². The van der Waals surface area contributed by atoms with E-state index in [1.165, 1.54) is 28.5 Å². The summed E-state index contributed by atoms with van der Waals surface area (Å²) in [5.41, 5.74) is 5.93. The van der Waals surface area contributed by atoms with Crippen LogP contribution in [0.3, 0.4) is 0 Å². The van der Waals surface area contributed by atoms with E-state index in [9.17, 15) is 9.90 Å². The third-order valence-corrected chi connectivity index (χ3v) is 3.66. The number of allylic oxidation sites excluding steroid dienone is 1. The lowest BCUT2D eigenvalue weighted by Gasteiger charge is -2.29. The van der Waals surface area contributed by atoms with Crippen molar-refractivity contribution in [1.82, 2.24) is 0 Å². The summed E-state index contributed by atoms with van der Waals surface area (Å²) in [5.74, 6) is 0. The number of carbonyl (C=O) groups excluding carboxylic acids is 1. The number of aryl methyl sites for hydroxylation is 3. The van der Waals surface area contributed by atoms with E-state index in [-0.39, 0.29) is 12.6 Å². The number of aliphatic hydroxyl groups excluding tert-OH is 1. The summed E-state index contributed by atoms with van der Waals surface area (Å²) < 4.78 is 0. The molecule has 1 aliphatic heterocycles. The van der Waals surface area contributed by atoms with E-state index in [0.717, 1.165) is 18.4 Å². The fourth-order valence-corrected chi connectivity index (χ4v) is 3.00. The maximum atomic E-state index is 10.4. The van der Waals surface area contributed by atoms with Gasteiger partial charge in [0.1, 0.15) is 6.29 Å². The Labute approximate surface area is 120 Å². The molecule has 106 valence electrons. The van der Waals surface area contributed by atoms with Crippen LogP contribution in [0.25, 0.3) is 0 Å². The van der Waals surface area contributed by atoms with Gasteiger partial charge in [0.2, 0.25) is 0 Å². The third-order valence-electron chi connectivity index (χ3n) is 3.66. The van der Waals surface area contributed by atoms with Gasteiger partial charge in [-0.1, -0.05) is 29.8 Å². The fraction of sp³-hybridized carbons (Fsp3) is 0.353. The van der Waals surface area contributed by atoms with Crippen molar-refractivity contribution < 1.29 is 9.90 Å². The van der Waals surface area contributed by atoms with Crippen LogP contribution < -0.4 is 4.90 Å². The van der Waals surface area contributed by atoms with Gasteiger partial charge in [0.25, 0.3) is 0 Å². The Hall–Kier alpha value is -1.87. The second-order valence-corrected chi connectivity index (χ2v) is 5.36. The maximum absolute atomic E-state index is 10.4. The lowest BCUT2D eigenvalue weighted by atomic mass is 10.0. The molecular weight excluding hydrogens is 250 g/mol. The van der Waals surface area contributed by atoms with Gasteiger partial charge in [-0.2, -0.15) is 0 Å². The molecule has 20 heavy (non-hydrogen) atoms. The Balaban J connectivity index is 2.35. The first-order valence-corrected chi connectivity index (χ1v) is 6.84. The number of benzene rings is 1. The average Bonchev–Trinajstić information content (AvgIpc) is 2.78. The molecule has 1 aliphatic rings. The monoisotopic (exact) mass is 271 g/mol. The van der Waals surface area contributed by atoms with Crippen molar-refractivity contribution >= 4 is 12.0 Å². The largest absolute Gasteiger partial charge is 0.394 e. The molecule has 0 bridgehead atoms.